The SMILES string of the molecule is CC(=O)Oc1ccc(N2C(=O)CC(N(Cc3ccc(F)cc3)S(=O)(=O)c3cc(Cl)ccc3Cl)C2=O)cc1. The van der Waals surface area contributed by atoms with Crippen LogP contribution in [0.1, 0.15) is 18.9 Å². The first-order valence-electron chi connectivity index (χ1n) is 10.8. The number of carbonyl (C=O) groups is 3. The second-order valence-corrected chi connectivity index (χ2v) is 10.8. The minimum absolute atomic E-state index is 0.105. The summed E-state index contributed by atoms with van der Waals surface area (Å²) in [7, 11) is -4.46. The van der Waals surface area contributed by atoms with Gasteiger partial charge >= 0.3 is 5.97 Å². The molecule has 12 heteroatoms. The summed E-state index contributed by atoms with van der Waals surface area (Å²) in [5.41, 5.74) is 0.556. The third-order valence-electron chi connectivity index (χ3n) is 5.56. The van der Waals surface area contributed by atoms with Gasteiger partial charge in [0.15, 0.2) is 0 Å². The number of ether oxygens (including phenoxy) is 1. The molecule has 0 N–H and O–H groups in total. The number of nitrogens with zero attached hydrogens (tertiary/aromatic N) is 2. The van der Waals surface area contributed by atoms with Crippen LogP contribution in [0.5, 0.6) is 5.75 Å². The topological polar surface area (TPSA) is 101 Å². The average Bonchev–Trinajstić information content (AvgIpc) is 3.13. The Morgan fingerprint density at radius 3 is 2.32 bits per heavy atom. The van der Waals surface area contributed by atoms with Crippen LogP contribution in [0.3, 0.4) is 0 Å². The fraction of sp³-hybridized carbons (Fsp3) is 0.160. The first kappa shape index (κ1) is 26.7. The fourth-order valence-corrected chi connectivity index (χ4v) is 6.18. The van der Waals surface area contributed by atoms with Crippen LogP contribution in [-0.4, -0.2) is 36.5 Å². The van der Waals surface area contributed by atoms with Crippen molar-refractivity contribution >= 4 is 56.7 Å². The molecule has 0 radical (unpaired) electrons. The van der Waals surface area contributed by atoms with E-state index >= 15 is 0 Å². The van der Waals surface area contributed by atoms with Gasteiger partial charge in [-0.05, 0) is 60.2 Å². The molecule has 8 nitrogen and oxygen atoms in total. The van der Waals surface area contributed by atoms with E-state index in [-0.39, 0.29) is 32.9 Å². The van der Waals surface area contributed by atoms with Gasteiger partial charge in [0, 0.05) is 18.5 Å². The molecule has 0 aromatic heterocycles. The lowest BCUT2D eigenvalue weighted by atomic mass is 10.2. The lowest BCUT2D eigenvalue weighted by molar-refractivity contribution is -0.132. The number of halogens is 3. The molecule has 0 spiro atoms. The van der Waals surface area contributed by atoms with Gasteiger partial charge in [-0.2, -0.15) is 4.31 Å². The zero-order valence-electron chi connectivity index (χ0n) is 19.2. The molecule has 4 rings (SSSR count). The summed E-state index contributed by atoms with van der Waals surface area (Å²) in [6.45, 7) is 0.892. The van der Waals surface area contributed by atoms with Crippen LogP contribution >= 0.6 is 23.2 Å². The number of imide groups is 1. The zero-order valence-corrected chi connectivity index (χ0v) is 21.6. The quantitative estimate of drug-likeness (QED) is 0.236. The molecule has 3 aromatic rings. The molecule has 0 bridgehead atoms. The zero-order chi connectivity index (χ0) is 26.9. The number of amides is 2. The molecule has 1 heterocycles. The van der Waals surface area contributed by atoms with Gasteiger partial charge in [0.1, 0.15) is 22.5 Å². The number of rotatable bonds is 7. The first-order chi connectivity index (χ1) is 17.5. The molecule has 0 aliphatic carbocycles. The highest BCUT2D eigenvalue weighted by Crippen LogP contribution is 2.34. The highest BCUT2D eigenvalue weighted by Gasteiger charge is 2.47. The second-order valence-electron chi connectivity index (χ2n) is 8.13. The second kappa shape index (κ2) is 10.6. The predicted octanol–water partition coefficient (Wildman–Crippen LogP) is 4.58. The van der Waals surface area contributed by atoms with Crippen LogP contribution < -0.4 is 9.64 Å². The van der Waals surface area contributed by atoms with Crippen molar-refractivity contribution in [3.63, 3.8) is 0 Å². The third-order valence-corrected chi connectivity index (χ3v) is 8.13. The Morgan fingerprint density at radius 1 is 1.05 bits per heavy atom. The van der Waals surface area contributed by atoms with E-state index in [9.17, 15) is 27.2 Å². The van der Waals surface area contributed by atoms with Gasteiger partial charge in [0.05, 0.1) is 17.1 Å². The minimum atomic E-state index is -4.46. The lowest BCUT2D eigenvalue weighted by Crippen LogP contribution is -2.45. The Kier molecular flexibility index (Phi) is 7.65. The minimum Gasteiger partial charge on any atom is -0.427 e. The molecule has 3 aromatic carbocycles. The van der Waals surface area contributed by atoms with Gasteiger partial charge in [-0.25, -0.2) is 17.7 Å². The number of anilines is 1. The molecule has 192 valence electrons. The van der Waals surface area contributed by atoms with Crippen LogP contribution in [0.25, 0.3) is 0 Å². The number of benzene rings is 3. The summed E-state index contributed by atoms with van der Waals surface area (Å²) < 4.78 is 46.9. The normalized spacial score (nSPS) is 15.9. The van der Waals surface area contributed by atoms with E-state index in [1.807, 2.05) is 0 Å². The summed E-state index contributed by atoms with van der Waals surface area (Å²) in [4.78, 5) is 38.1. The van der Waals surface area contributed by atoms with Crippen LogP contribution in [0, 0.1) is 5.82 Å². The van der Waals surface area contributed by atoms with E-state index in [1.165, 1.54) is 55.5 Å². The third kappa shape index (κ3) is 5.67. The maximum absolute atomic E-state index is 13.8. The Labute approximate surface area is 222 Å². The van der Waals surface area contributed by atoms with Crippen molar-refractivity contribution in [1.82, 2.24) is 4.31 Å². The highest BCUT2D eigenvalue weighted by molar-refractivity contribution is 7.89. The molecule has 1 saturated heterocycles. The molecule has 2 amide bonds. The number of esters is 1. The Morgan fingerprint density at radius 2 is 1.70 bits per heavy atom. The van der Waals surface area contributed by atoms with Crippen molar-refractivity contribution in [2.45, 2.75) is 30.8 Å². The maximum atomic E-state index is 13.8. The van der Waals surface area contributed by atoms with E-state index in [0.717, 1.165) is 27.4 Å². The van der Waals surface area contributed by atoms with Gasteiger partial charge in [-0.1, -0.05) is 35.3 Å². The molecule has 1 aliphatic rings. The van der Waals surface area contributed by atoms with E-state index in [2.05, 4.69) is 0 Å². The standard InChI is InChI=1S/C25H19Cl2FN2O6S/c1-15(31)36-20-9-7-19(8-10-20)30-24(32)13-22(25(30)33)29(14-16-2-5-18(28)6-3-16)37(34,35)23-12-17(26)4-11-21(23)27/h2-12,22H,13-14H2,1H3. The highest BCUT2D eigenvalue weighted by atomic mass is 35.5. The summed E-state index contributed by atoms with van der Waals surface area (Å²) in [5, 5.41) is -0.0174. The average molecular weight is 565 g/mol. The Bertz CT molecular complexity index is 1480. The molecule has 1 aliphatic heterocycles. The van der Waals surface area contributed by atoms with Gasteiger partial charge in [0.25, 0.3) is 5.91 Å². The molecule has 1 fully saturated rings. The number of sulfonamides is 1. The van der Waals surface area contributed by atoms with E-state index < -0.39 is 46.1 Å². The summed E-state index contributed by atoms with van der Waals surface area (Å²) in [6, 6.07) is 13.2. The van der Waals surface area contributed by atoms with Crippen LogP contribution in [0.15, 0.2) is 71.6 Å². The van der Waals surface area contributed by atoms with Crippen molar-refractivity contribution in [2.75, 3.05) is 4.90 Å². The summed E-state index contributed by atoms with van der Waals surface area (Å²) in [6.07, 6.45) is -0.441. The van der Waals surface area contributed by atoms with Gasteiger partial charge < -0.3 is 4.74 Å². The summed E-state index contributed by atoms with van der Waals surface area (Å²) in [5.74, 6) is -2.27. The fourth-order valence-electron chi connectivity index (χ4n) is 3.88. The van der Waals surface area contributed by atoms with Gasteiger partial charge in [-0.15, -0.1) is 0 Å². The van der Waals surface area contributed by atoms with Crippen LogP contribution in [-0.2, 0) is 31.0 Å². The molecule has 0 saturated carbocycles. The molecular weight excluding hydrogens is 546 g/mol. The predicted molar refractivity (Wildman–Crippen MR) is 134 cm³/mol. The lowest BCUT2D eigenvalue weighted by Gasteiger charge is -2.27. The van der Waals surface area contributed by atoms with Crippen molar-refractivity contribution < 1.29 is 31.9 Å². The van der Waals surface area contributed by atoms with Crippen molar-refractivity contribution in [3.8, 4) is 5.75 Å². The monoisotopic (exact) mass is 564 g/mol. The van der Waals surface area contributed by atoms with E-state index in [4.69, 9.17) is 27.9 Å². The largest absolute Gasteiger partial charge is 0.427 e. The smallest absolute Gasteiger partial charge is 0.308 e. The number of carbonyl (C=O) groups excluding carboxylic acids is 3. The number of hydrogen-bond acceptors (Lipinski definition) is 6. The Balaban J connectivity index is 1.73. The van der Waals surface area contributed by atoms with Crippen molar-refractivity contribution in [1.29, 1.82) is 0 Å². The van der Waals surface area contributed by atoms with Gasteiger partial charge in [-0.3, -0.25) is 14.4 Å². The summed E-state index contributed by atoms with van der Waals surface area (Å²) >= 11 is 12.2. The molecule has 37 heavy (non-hydrogen) atoms. The number of hydrogen-bond donors (Lipinski definition) is 0. The van der Waals surface area contributed by atoms with E-state index in [1.54, 1.807) is 0 Å². The molecule has 1 atom stereocenters. The van der Waals surface area contributed by atoms with Crippen LogP contribution in [0.4, 0.5) is 10.1 Å². The van der Waals surface area contributed by atoms with Gasteiger partial charge in [0.2, 0.25) is 15.9 Å². The van der Waals surface area contributed by atoms with Crippen molar-refractivity contribution in [2.24, 2.45) is 0 Å². The molecular formula is C25H19Cl2FN2O6S. The maximum Gasteiger partial charge on any atom is 0.308 e. The van der Waals surface area contributed by atoms with Crippen LogP contribution in [0.2, 0.25) is 10.0 Å². The first-order valence-corrected chi connectivity index (χ1v) is 13.0. The van der Waals surface area contributed by atoms with Crippen molar-refractivity contribution in [3.05, 3.63) is 88.2 Å². The molecule has 1 unspecified atom stereocenters. The Hall–Kier alpha value is -3.31. The van der Waals surface area contributed by atoms with E-state index in [0.29, 0.717) is 5.56 Å².